The van der Waals surface area contributed by atoms with Gasteiger partial charge in [0, 0.05) is 35.0 Å². The van der Waals surface area contributed by atoms with E-state index in [9.17, 15) is 4.79 Å². The van der Waals surface area contributed by atoms with Crippen LogP contribution in [0, 0.1) is 5.41 Å². The van der Waals surface area contributed by atoms with Crippen LogP contribution in [-0.2, 0) is 11.3 Å². The van der Waals surface area contributed by atoms with Crippen LogP contribution in [0.4, 0.5) is 5.69 Å². The van der Waals surface area contributed by atoms with E-state index in [1.165, 1.54) is 6.92 Å². The molecule has 0 atom stereocenters. The minimum atomic E-state index is -0.127. The lowest BCUT2D eigenvalue weighted by atomic mass is 10.1. The summed E-state index contributed by atoms with van der Waals surface area (Å²) in [5.74, 6) is 0.512. The van der Waals surface area contributed by atoms with Crippen LogP contribution in [0.1, 0.15) is 12.5 Å². The molecule has 34 heavy (non-hydrogen) atoms. The minimum absolute atomic E-state index is 0.127. The summed E-state index contributed by atoms with van der Waals surface area (Å²) in [6, 6.07) is 27.0. The average molecular weight is 468 g/mol. The number of pyridine rings is 1. The number of anilines is 1. The second-order valence-corrected chi connectivity index (χ2v) is 8.36. The lowest BCUT2D eigenvalue weighted by molar-refractivity contribution is -0.114. The number of carbonyl (C=O) groups is 1. The molecule has 0 spiro atoms. The van der Waals surface area contributed by atoms with Crippen molar-refractivity contribution in [3.05, 3.63) is 107 Å². The van der Waals surface area contributed by atoms with Crippen molar-refractivity contribution in [2.75, 3.05) is 5.32 Å². The molecule has 2 aromatic heterocycles. The monoisotopic (exact) mass is 467 g/mol. The molecular formula is C27H22ClN5O. The highest BCUT2D eigenvalue weighted by molar-refractivity contribution is 6.31. The molecule has 6 nitrogen and oxygen atoms in total. The summed E-state index contributed by atoms with van der Waals surface area (Å²) < 4.78 is 3.76. The summed E-state index contributed by atoms with van der Waals surface area (Å²) in [4.78, 5) is 16.3. The third kappa shape index (κ3) is 4.00. The molecule has 0 fully saturated rings. The first-order valence-electron chi connectivity index (χ1n) is 10.8. The number of carbonyl (C=O) groups excluding carboxylic acids is 1. The maximum absolute atomic E-state index is 11.6. The van der Waals surface area contributed by atoms with Crippen LogP contribution >= 0.6 is 11.6 Å². The Morgan fingerprint density at radius 1 is 0.941 bits per heavy atom. The quantitative estimate of drug-likeness (QED) is 0.351. The summed E-state index contributed by atoms with van der Waals surface area (Å²) in [5.41, 5.74) is 5.56. The van der Waals surface area contributed by atoms with Gasteiger partial charge >= 0.3 is 0 Å². The fourth-order valence-electron chi connectivity index (χ4n) is 4.13. The Morgan fingerprint density at radius 3 is 2.38 bits per heavy atom. The first kappa shape index (κ1) is 21.7. The van der Waals surface area contributed by atoms with Gasteiger partial charge in [-0.25, -0.2) is 4.98 Å². The van der Waals surface area contributed by atoms with Gasteiger partial charge in [-0.3, -0.25) is 14.8 Å². The van der Waals surface area contributed by atoms with E-state index < -0.39 is 0 Å². The summed E-state index contributed by atoms with van der Waals surface area (Å²) in [7, 11) is 0. The molecule has 5 aromatic rings. The number of fused-ring (bicyclic) bond motifs is 1. The molecule has 0 aliphatic heterocycles. The van der Waals surface area contributed by atoms with Crippen molar-refractivity contribution in [2.24, 2.45) is 0 Å². The number of rotatable bonds is 5. The molecule has 0 saturated carbocycles. The van der Waals surface area contributed by atoms with E-state index >= 15 is 0 Å². The van der Waals surface area contributed by atoms with Crippen LogP contribution in [0.3, 0.4) is 0 Å². The Bertz CT molecular complexity index is 1570. The highest BCUT2D eigenvalue weighted by Crippen LogP contribution is 2.28. The first-order valence-corrected chi connectivity index (χ1v) is 11.2. The molecule has 0 aliphatic carbocycles. The van der Waals surface area contributed by atoms with Gasteiger partial charge < -0.3 is 9.88 Å². The van der Waals surface area contributed by atoms with E-state index in [1.807, 2.05) is 94.1 Å². The van der Waals surface area contributed by atoms with E-state index in [2.05, 4.69) is 10.3 Å². The van der Waals surface area contributed by atoms with E-state index in [-0.39, 0.29) is 5.91 Å². The third-order valence-corrected chi connectivity index (χ3v) is 6.06. The smallest absolute Gasteiger partial charge is 0.221 e. The van der Waals surface area contributed by atoms with Gasteiger partial charge in [-0.05, 0) is 42.0 Å². The molecule has 168 valence electrons. The van der Waals surface area contributed by atoms with E-state index in [0.717, 1.165) is 33.4 Å². The Labute approximate surface area is 201 Å². The minimum Gasteiger partial charge on any atom is -0.326 e. The largest absolute Gasteiger partial charge is 0.326 e. The van der Waals surface area contributed by atoms with Crippen LogP contribution < -0.4 is 10.9 Å². The Morgan fingerprint density at radius 2 is 1.65 bits per heavy atom. The predicted molar refractivity (Wildman–Crippen MR) is 135 cm³/mol. The lowest BCUT2D eigenvalue weighted by Crippen LogP contribution is -2.24. The maximum atomic E-state index is 11.6. The highest BCUT2D eigenvalue weighted by Gasteiger charge is 2.15. The molecule has 0 radical (unpaired) electrons. The zero-order valence-electron chi connectivity index (χ0n) is 18.5. The summed E-state index contributed by atoms with van der Waals surface area (Å²) in [6.45, 7) is 1.97. The molecule has 0 bridgehead atoms. The number of amides is 1. The molecule has 0 saturated heterocycles. The van der Waals surface area contributed by atoms with Gasteiger partial charge in [-0.1, -0.05) is 60.1 Å². The fourth-order valence-corrected chi connectivity index (χ4v) is 4.33. The molecule has 0 unspecified atom stereocenters. The first-order chi connectivity index (χ1) is 16.5. The van der Waals surface area contributed by atoms with Gasteiger partial charge in [0.1, 0.15) is 5.82 Å². The van der Waals surface area contributed by atoms with Crippen LogP contribution in [0.5, 0.6) is 0 Å². The van der Waals surface area contributed by atoms with E-state index in [1.54, 1.807) is 6.20 Å². The average Bonchev–Trinajstić information content (AvgIpc) is 3.12. The number of nitrogens with one attached hydrogen (secondary N) is 2. The Kier molecular flexibility index (Phi) is 5.74. The second kappa shape index (κ2) is 9.00. The van der Waals surface area contributed by atoms with Crippen LogP contribution in [0.2, 0.25) is 5.02 Å². The number of hydrogen-bond acceptors (Lipinski definition) is 3. The van der Waals surface area contributed by atoms with Crippen molar-refractivity contribution in [2.45, 2.75) is 13.5 Å². The molecule has 5 rings (SSSR count). The SMILES string of the molecule is CC(=O)Nc1ccccc1-c1ccc(-n2c(=N)n(Cc3ccccc3Cl)c3ccccc32)nc1. The van der Waals surface area contributed by atoms with Gasteiger partial charge in [0.15, 0.2) is 0 Å². The summed E-state index contributed by atoms with van der Waals surface area (Å²) in [5, 5.41) is 12.5. The number of hydrogen-bond donors (Lipinski definition) is 2. The van der Waals surface area contributed by atoms with Crippen molar-refractivity contribution >= 4 is 34.2 Å². The fraction of sp³-hybridized carbons (Fsp3) is 0.0741. The summed E-state index contributed by atoms with van der Waals surface area (Å²) in [6.07, 6.45) is 1.77. The van der Waals surface area contributed by atoms with E-state index in [4.69, 9.17) is 17.0 Å². The van der Waals surface area contributed by atoms with E-state index in [0.29, 0.717) is 23.0 Å². The number of benzene rings is 3. The lowest BCUT2D eigenvalue weighted by Gasteiger charge is -2.11. The number of imidazole rings is 1. The van der Waals surface area contributed by atoms with Crippen molar-refractivity contribution < 1.29 is 4.79 Å². The molecule has 1 amide bonds. The van der Waals surface area contributed by atoms with Gasteiger partial charge in [0.05, 0.1) is 17.6 Å². The van der Waals surface area contributed by atoms with Crippen LogP contribution in [0.15, 0.2) is 91.1 Å². The maximum Gasteiger partial charge on any atom is 0.221 e. The molecular weight excluding hydrogens is 446 g/mol. The zero-order valence-corrected chi connectivity index (χ0v) is 19.3. The number of nitrogens with zero attached hydrogens (tertiary/aromatic N) is 3. The number of para-hydroxylation sites is 3. The Hall–Kier alpha value is -4.16. The standard InChI is InChI=1S/C27H22ClN5O/c1-18(34)31-23-11-5-3-9-21(23)19-14-15-26(30-16-19)33-25-13-7-6-12-24(25)32(27(33)29)17-20-8-2-4-10-22(20)28/h2-16,29H,17H2,1H3,(H,31,34). The van der Waals surface area contributed by atoms with Crippen molar-refractivity contribution in [1.82, 2.24) is 14.1 Å². The molecule has 0 aliphatic rings. The number of aromatic nitrogens is 3. The molecule has 3 aromatic carbocycles. The molecule has 2 N–H and O–H groups in total. The topological polar surface area (TPSA) is 75.7 Å². The molecule has 2 heterocycles. The highest BCUT2D eigenvalue weighted by atomic mass is 35.5. The zero-order chi connectivity index (χ0) is 23.7. The molecule has 7 heteroatoms. The van der Waals surface area contributed by atoms with Crippen molar-refractivity contribution in [1.29, 1.82) is 5.41 Å². The van der Waals surface area contributed by atoms with Crippen molar-refractivity contribution in [3.8, 4) is 16.9 Å². The summed E-state index contributed by atoms with van der Waals surface area (Å²) >= 11 is 6.40. The van der Waals surface area contributed by atoms with Crippen LogP contribution in [0.25, 0.3) is 28.0 Å². The van der Waals surface area contributed by atoms with Crippen molar-refractivity contribution in [3.63, 3.8) is 0 Å². The van der Waals surface area contributed by atoms with Gasteiger partial charge in [0.25, 0.3) is 0 Å². The Balaban J connectivity index is 1.59. The second-order valence-electron chi connectivity index (χ2n) is 7.96. The predicted octanol–water partition coefficient (Wildman–Crippen LogP) is 5.63. The van der Waals surface area contributed by atoms with Gasteiger partial charge in [-0.2, -0.15) is 0 Å². The third-order valence-electron chi connectivity index (χ3n) is 5.69. The normalized spacial score (nSPS) is 11.0. The van der Waals surface area contributed by atoms with Crippen LogP contribution in [-0.4, -0.2) is 20.0 Å². The number of halogens is 1. The van der Waals surface area contributed by atoms with Gasteiger partial charge in [-0.15, -0.1) is 0 Å². The van der Waals surface area contributed by atoms with Gasteiger partial charge in [0.2, 0.25) is 11.5 Å².